The highest BCUT2D eigenvalue weighted by Gasteiger charge is 2.20. The third kappa shape index (κ3) is 2.92. The van der Waals surface area contributed by atoms with Crippen LogP contribution in [0.4, 0.5) is 0 Å². The first-order valence-corrected chi connectivity index (χ1v) is 6.18. The summed E-state index contributed by atoms with van der Waals surface area (Å²) >= 11 is 0. The van der Waals surface area contributed by atoms with Crippen molar-refractivity contribution in [3.8, 4) is 0 Å². The molecule has 2 aromatic heterocycles. The van der Waals surface area contributed by atoms with Gasteiger partial charge < -0.3 is 9.84 Å². The van der Waals surface area contributed by atoms with Gasteiger partial charge in [0.05, 0.1) is 11.9 Å². The molecule has 3 rings (SSSR count). The fourth-order valence-corrected chi connectivity index (χ4v) is 1.77. The molecule has 18 heavy (non-hydrogen) atoms. The summed E-state index contributed by atoms with van der Waals surface area (Å²) in [5, 5.41) is 15.3. The van der Waals surface area contributed by atoms with Crippen LogP contribution in [0.3, 0.4) is 0 Å². The van der Waals surface area contributed by atoms with Gasteiger partial charge in [0, 0.05) is 13.5 Å². The second-order valence-corrected chi connectivity index (χ2v) is 4.71. The van der Waals surface area contributed by atoms with Crippen LogP contribution < -0.4 is 5.32 Å². The van der Waals surface area contributed by atoms with Gasteiger partial charge in [-0.05, 0) is 25.3 Å². The van der Waals surface area contributed by atoms with Crippen molar-refractivity contribution in [1.82, 2.24) is 30.5 Å². The number of rotatable bonds is 6. The van der Waals surface area contributed by atoms with E-state index in [1.54, 1.807) is 11.6 Å². The van der Waals surface area contributed by atoms with Gasteiger partial charge in [-0.25, -0.2) is 4.68 Å². The number of aryl methyl sites for hydroxylation is 1. The van der Waals surface area contributed by atoms with E-state index < -0.39 is 0 Å². The standard InChI is InChI=1S/C11H16N6O/c1-8-13-11(15-18-8)7-17-6-10(14-16-17)5-12-4-9-2-3-9/h6,9,12H,2-5,7H2,1H3. The van der Waals surface area contributed by atoms with E-state index in [1.165, 1.54) is 12.8 Å². The topological polar surface area (TPSA) is 81.7 Å². The van der Waals surface area contributed by atoms with Gasteiger partial charge in [-0.3, -0.25) is 0 Å². The van der Waals surface area contributed by atoms with Gasteiger partial charge in [0.2, 0.25) is 5.89 Å². The van der Waals surface area contributed by atoms with Gasteiger partial charge in [-0.1, -0.05) is 10.4 Å². The van der Waals surface area contributed by atoms with Gasteiger partial charge in [0.15, 0.2) is 5.82 Å². The molecule has 0 saturated heterocycles. The Hall–Kier alpha value is -1.76. The van der Waals surface area contributed by atoms with Crippen molar-refractivity contribution in [1.29, 1.82) is 0 Å². The van der Waals surface area contributed by atoms with Gasteiger partial charge in [-0.15, -0.1) is 5.10 Å². The molecule has 0 aromatic carbocycles. The minimum atomic E-state index is 0.493. The zero-order valence-corrected chi connectivity index (χ0v) is 10.3. The van der Waals surface area contributed by atoms with E-state index in [-0.39, 0.29) is 0 Å². The van der Waals surface area contributed by atoms with Crippen molar-refractivity contribution in [3.05, 3.63) is 23.6 Å². The third-order valence-electron chi connectivity index (χ3n) is 2.90. The van der Waals surface area contributed by atoms with Gasteiger partial charge in [0.25, 0.3) is 0 Å². The molecule has 7 heteroatoms. The van der Waals surface area contributed by atoms with Crippen LogP contribution in [0.15, 0.2) is 10.7 Å². The number of nitrogens with zero attached hydrogens (tertiary/aromatic N) is 5. The Morgan fingerprint density at radius 2 is 2.39 bits per heavy atom. The summed E-state index contributed by atoms with van der Waals surface area (Å²) < 4.78 is 6.63. The lowest BCUT2D eigenvalue weighted by Gasteiger charge is -1.98. The lowest BCUT2D eigenvalue weighted by molar-refractivity contribution is 0.385. The SMILES string of the molecule is Cc1nc(Cn2cc(CNCC3CC3)nn2)no1. The molecule has 1 aliphatic carbocycles. The van der Waals surface area contributed by atoms with Gasteiger partial charge >= 0.3 is 0 Å². The molecular formula is C11H16N6O. The number of hydrogen-bond acceptors (Lipinski definition) is 6. The summed E-state index contributed by atoms with van der Waals surface area (Å²) in [4.78, 5) is 4.13. The van der Waals surface area contributed by atoms with Crippen molar-refractivity contribution in [2.24, 2.45) is 5.92 Å². The fourth-order valence-electron chi connectivity index (χ4n) is 1.77. The fraction of sp³-hybridized carbons (Fsp3) is 0.636. The molecule has 0 atom stereocenters. The summed E-state index contributed by atoms with van der Waals surface area (Å²) in [6, 6.07) is 0. The minimum Gasteiger partial charge on any atom is -0.340 e. The Labute approximate surface area is 105 Å². The maximum absolute atomic E-state index is 4.91. The molecule has 1 N–H and O–H groups in total. The van der Waals surface area contributed by atoms with Crippen LogP contribution in [0.1, 0.15) is 30.3 Å². The molecule has 0 amide bonds. The van der Waals surface area contributed by atoms with E-state index in [4.69, 9.17) is 4.52 Å². The van der Waals surface area contributed by atoms with E-state index in [2.05, 4.69) is 25.8 Å². The molecule has 0 unspecified atom stereocenters. The lowest BCUT2D eigenvalue weighted by atomic mass is 10.4. The predicted octanol–water partition coefficient (Wildman–Crippen LogP) is 0.517. The lowest BCUT2D eigenvalue weighted by Crippen LogP contribution is -2.16. The van der Waals surface area contributed by atoms with Crippen molar-refractivity contribution >= 4 is 0 Å². The predicted molar refractivity (Wildman–Crippen MR) is 62.6 cm³/mol. The molecule has 96 valence electrons. The largest absolute Gasteiger partial charge is 0.340 e. The Morgan fingerprint density at radius 1 is 1.50 bits per heavy atom. The molecule has 2 aromatic rings. The van der Waals surface area contributed by atoms with Crippen LogP contribution in [-0.2, 0) is 13.1 Å². The van der Waals surface area contributed by atoms with E-state index in [0.29, 0.717) is 18.3 Å². The molecule has 1 saturated carbocycles. The maximum atomic E-state index is 4.91. The zero-order valence-electron chi connectivity index (χ0n) is 10.3. The second-order valence-electron chi connectivity index (χ2n) is 4.71. The Balaban J connectivity index is 1.52. The average molecular weight is 248 g/mol. The summed E-state index contributed by atoms with van der Waals surface area (Å²) in [6.45, 7) is 4.11. The maximum Gasteiger partial charge on any atom is 0.223 e. The van der Waals surface area contributed by atoms with Crippen molar-refractivity contribution < 1.29 is 4.52 Å². The molecule has 0 aliphatic heterocycles. The molecule has 0 bridgehead atoms. The Bertz CT molecular complexity index is 515. The van der Waals surface area contributed by atoms with E-state index in [0.717, 1.165) is 24.7 Å². The van der Waals surface area contributed by atoms with Crippen molar-refractivity contribution in [2.45, 2.75) is 32.9 Å². The van der Waals surface area contributed by atoms with E-state index in [9.17, 15) is 0 Å². The number of nitrogens with one attached hydrogen (secondary N) is 1. The van der Waals surface area contributed by atoms with Crippen LogP contribution in [0, 0.1) is 12.8 Å². The van der Waals surface area contributed by atoms with Crippen LogP contribution in [-0.4, -0.2) is 31.7 Å². The summed E-state index contributed by atoms with van der Waals surface area (Å²) in [6.07, 6.45) is 4.62. The summed E-state index contributed by atoms with van der Waals surface area (Å²) in [5.74, 6) is 2.06. The highest BCUT2D eigenvalue weighted by molar-refractivity contribution is 4.94. The van der Waals surface area contributed by atoms with Gasteiger partial charge in [0.1, 0.15) is 6.54 Å². The molecule has 0 spiro atoms. The van der Waals surface area contributed by atoms with Crippen LogP contribution in [0.2, 0.25) is 0 Å². The quantitative estimate of drug-likeness (QED) is 0.802. The smallest absolute Gasteiger partial charge is 0.223 e. The van der Waals surface area contributed by atoms with E-state index >= 15 is 0 Å². The molecule has 1 fully saturated rings. The number of aromatic nitrogens is 5. The first kappa shape index (κ1) is 11.3. The Morgan fingerprint density at radius 3 is 3.11 bits per heavy atom. The zero-order chi connectivity index (χ0) is 12.4. The molecule has 0 radical (unpaired) electrons. The normalized spacial score (nSPS) is 15.2. The van der Waals surface area contributed by atoms with Gasteiger partial charge in [-0.2, -0.15) is 4.98 Å². The first-order valence-electron chi connectivity index (χ1n) is 6.18. The summed E-state index contributed by atoms with van der Waals surface area (Å²) in [5.41, 5.74) is 0.941. The molecular weight excluding hydrogens is 232 g/mol. The highest BCUT2D eigenvalue weighted by atomic mass is 16.5. The molecule has 1 aliphatic rings. The Kier molecular flexibility index (Phi) is 3.06. The second kappa shape index (κ2) is 4.85. The van der Waals surface area contributed by atoms with Crippen molar-refractivity contribution in [3.63, 3.8) is 0 Å². The minimum absolute atomic E-state index is 0.493. The molecule has 7 nitrogen and oxygen atoms in total. The first-order chi connectivity index (χ1) is 8.79. The van der Waals surface area contributed by atoms with Crippen LogP contribution in [0.25, 0.3) is 0 Å². The molecule has 2 heterocycles. The average Bonchev–Trinajstić information content (AvgIpc) is 2.92. The number of hydrogen-bond donors (Lipinski definition) is 1. The van der Waals surface area contributed by atoms with Crippen LogP contribution in [0.5, 0.6) is 0 Å². The highest BCUT2D eigenvalue weighted by Crippen LogP contribution is 2.27. The van der Waals surface area contributed by atoms with E-state index in [1.807, 2.05) is 6.20 Å². The third-order valence-corrected chi connectivity index (χ3v) is 2.90. The van der Waals surface area contributed by atoms with Crippen LogP contribution >= 0.6 is 0 Å². The van der Waals surface area contributed by atoms with Crippen molar-refractivity contribution in [2.75, 3.05) is 6.54 Å². The monoisotopic (exact) mass is 248 g/mol. The summed E-state index contributed by atoms with van der Waals surface area (Å²) in [7, 11) is 0.